The summed E-state index contributed by atoms with van der Waals surface area (Å²) in [6.07, 6.45) is 4.08. The third-order valence-electron chi connectivity index (χ3n) is 3.88. The number of nitrogens with zero attached hydrogens (tertiary/aromatic N) is 1. The molecule has 8 heteroatoms. The minimum Gasteiger partial charge on any atom is -0.439 e. The molecule has 0 radical (unpaired) electrons. The molecule has 1 heterocycles. The monoisotopic (exact) mass is 403 g/mol. The van der Waals surface area contributed by atoms with Crippen LogP contribution in [0.3, 0.4) is 0 Å². The lowest BCUT2D eigenvalue weighted by Crippen LogP contribution is -2.23. The fourth-order valence-electron chi connectivity index (χ4n) is 2.64. The van der Waals surface area contributed by atoms with Gasteiger partial charge in [0.25, 0.3) is 0 Å². The minimum absolute atomic E-state index is 0. The Morgan fingerprint density at radius 3 is 2.44 bits per heavy atom. The van der Waals surface area contributed by atoms with E-state index in [0.29, 0.717) is 22.3 Å². The number of anilines is 1. The Labute approximate surface area is 164 Å². The predicted molar refractivity (Wildman–Crippen MR) is 104 cm³/mol. The highest BCUT2D eigenvalue weighted by Crippen LogP contribution is 2.26. The lowest BCUT2D eigenvalue weighted by Gasteiger charge is -2.11. The highest BCUT2D eigenvalue weighted by Gasteiger charge is 2.27. The van der Waals surface area contributed by atoms with Crippen LogP contribution in [0.15, 0.2) is 42.6 Å². The second kappa shape index (κ2) is 9.82. The van der Waals surface area contributed by atoms with Crippen LogP contribution in [-0.2, 0) is 4.79 Å². The van der Waals surface area contributed by atoms with Crippen LogP contribution < -0.4 is 15.8 Å². The fourth-order valence-corrected chi connectivity index (χ4v) is 2.76. The van der Waals surface area contributed by atoms with Crippen LogP contribution >= 0.6 is 36.4 Å². The molecule has 25 heavy (non-hydrogen) atoms. The van der Waals surface area contributed by atoms with Gasteiger partial charge in [-0.05, 0) is 49.6 Å². The molecule has 1 aliphatic rings. The van der Waals surface area contributed by atoms with E-state index in [1.807, 2.05) is 0 Å². The van der Waals surface area contributed by atoms with E-state index in [0.717, 1.165) is 19.3 Å². The molecule has 3 rings (SSSR count). The Balaban J connectivity index is 0.00000156. The van der Waals surface area contributed by atoms with Gasteiger partial charge in [0.1, 0.15) is 5.75 Å². The summed E-state index contributed by atoms with van der Waals surface area (Å²) in [5, 5.41) is 3.52. The fraction of sp³-hybridized carbons (Fsp3) is 0.294. The molecular weight excluding hydrogens is 385 g/mol. The summed E-state index contributed by atoms with van der Waals surface area (Å²) in [6.45, 7) is 0. The number of hydrogen-bond acceptors (Lipinski definition) is 4. The summed E-state index contributed by atoms with van der Waals surface area (Å²) < 4.78 is 5.61. The molecule has 0 aliphatic heterocycles. The number of hydrogen-bond donors (Lipinski definition) is 2. The molecule has 2 aromatic rings. The highest BCUT2D eigenvalue weighted by molar-refractivity contribution is 6.30. The van der Waals surface area contributed by atoms with Gasteiger partial charge in [-0.15, -0.1) is 24.8 Å². The average Bonchev–Trinajstić information content (AvgIpc) is 2.98. The van der Waals surface area contributed by atoms with Crippen molar-refractivity contribution in [3.63, 3.8) is 0 Å². The Morgan fingerprint density at radius 2 is 1.88 bits per heavy atom. The van der Waals surface area contributed by atoms with E-state index >= 15 is 0 Å². The highest BCUT2D eigenvalue weighted by atomic mass is 35.5. The van der Waals surface area contributed by atoms with E-state index in [1.165, 1.54) is 0 Å². The molecule has 0 bridgehead atoms. The van der Waals surface area contributed by atoms with Crippen LogP contribution in [0.5, 0.6) is 11.6 Å². The van der Waals surface area contributed by atoms with Gasteiger partial charge >= 0.3 is 0 Å². The first-order valence-electron chi connectivity index (χ1n) is 7.56. The molecular formula is C17H20Cl3N3O2. The molecule has 3 N–H and O–H groups in total. The van der Waals surface area contributed by atoms with Gasteiger partial charge in [-0.1, -0.05) is 11.6 Å². The SMILES string of the molecule is Cl.Cl.NC1CCC(C(=O)Nc2ccc(Oc3ccc(Cl)cc3)nc2)C1. The first kappa shape index (κ1) is 21.5. The van der Waals surface area contributed by atoms with Crippen LogP contribution in [0, 0.1) is 5.92 Å². The molecule has 2 atom stereocenters. The van der Waals surface area contributed by atoms with Crippen molar-refractivity contribution in [2.75, 3.05) is 5.32 Å². The summed E-state index contributed by atoms with van der Waals surface area (Å²) in [6, 6.07) is 10.6. The van der Waals surface area contributed by atoms with Crippen molar-refractivity contribution in [3.8, 4) is 11.6 Å². The third-order valence-corrected chi connectivity index (χ3v) is 4.14. The van der Waals surface area contributed by atoms with E-state index in [-0.39, 0.29) is 42.7 Å². The molecule has 1 aliphatic carbocycles. The number of nitrogens with one attached hydrogen (secondary N) is 1. The molecule has 1 fully saturated rings. The van der Waals surface area contributed by atoms with Gasteiger partial charge in [0.05, 0.1) is 11.9 Å². The van der Waals surface area contributed by atoms with Crippen LogP contribution in [0.1, 0.15) is 19.3 Å². The Morgan fingerprint density at radius 1 is 1.16 bits per heavy atom. The van der Waals surface area contributed by atoms with Gasteiger partial charge in [0.2, 0.25) is 11.8 Å². The Hall–Kier alpha value is -1.53. The van der Waals surface area contributed by atoms with E-state index in [9.17, 15) is 4.79 Å². The van der Waals surface area contributed by atoms with Crippen LogP contribution in [-0.4, -0.2) is 16.9 Å². The Kier molecular flexibility index (Phi) is 8.45. The summed E-state index contributed by atoms with van der Waals surface area (Å²) in [5.41, 5.74) is 6.49. The van der Waals surface area contributed by atoms with Crippen LogP contribution in [0.25, 0.3) is 0 Å². The lowest BCUT2D eigenvalue weighted by atomic mass is 10.1. The number of aromatic nitrogens is 1. The molecule has 2 unspecified atom stereocenters. The first-order chi connectivity index (χ1) is 11.1. The van der Waals surface area contributed by atoms with Crippen molar-refractivity contribution in [1.29, 1.82) is 0 Å². The van der Waals surface area contributed by atoms with Gasteiger partial charge in [-0.2, -0.15) is 0 Å². The summed E-state index contributed by atoms with van der Waals surface area (Å²) in [7, 11) is 0. The topological polar surface area (TPSA) is 77.2 Å². The maximum absolute atomic E-state index is 12.1. The van der Waals surface area contributed by atoms with Crippen molar-refractivity contribution >= 4 is 48.0 Å². The van der Waals surface area contributed by atoms with E-state index in [1.54, 1.807) is 42.6 Å². The molecule has 0 spiro atoms. The van der Waals surface area contributed by atoms with Gasteiger partial charge in [0.15, 0.2) is 0 Å². The van der Waals surface area contributed by atoms with Crippen molar-refractivity contribution in [1.82, 2.24) is 4.98 Å². The van der Waals surface area contributed by atoms with Crippen molar-refractivity contribution in [3.05, 3.63) is 47.6 Å². The zero-order chi connectivity index (χ0) is 16.2. The zero-order valence-electron chi connectivity index (χ0n) is 13.4. The number of halogens is 3. The summed E-state index contributed by atoms with van der Waals surface area (Å²) >= 11 is 5.83. The molecule has 0 saturated heterocycles. The number of rotatable bonds is 4. The van der Waals surface area contributed by atoms with Crippen molar-refractivity contribution < 1.29 is 9.53 Å². The molecule has 1 saturated carbocycles. The average molecular weight is 405 g/mol. The summed E-state index contributed by atoms with van der Waals surface area (Å²) in [4.78, 5) is 16.3. The van der Waals surface area contributed by atoms with E-state index in [4.69, 9.17) is 22.1 Å². The van der Waals surface area contributed by atoms with Crippen molar-refractivity contribution in [2.45, 2.75) is 25.3 Å². The van der Waals surface area contributed by atoms with Gasteiger partial charge in [-0.3, -0.25) is 4.79 Å². The minimum atomic E-state index is -0.00464. The largest absolute Gasteiger partial charge is 0.439 e. The number of carbonyl (C=O) groups excluding carboxylic acids is 1. The normalized spacial score (nSPS) is 18.6. The number of carbonyl (C=O) groups is 1. The maximum atomic E-state index is 12.1. The van der Waals surface area contributed by atoms with Crippen molar-refractivity contribution in [2.24, 2.45) is 11.7 Å². The van der Waals surface area contributed by atoms with E-state index in [2.05, 4.69) is 10.3 Å². The summed E-state index contributed by atoms with van der Waals surface area (Å²) in [5.74, 6) is 1.10. The zero-order valence-corrected chi connectivity index (χ0v) is 15.7. The van der Waals surface area contributed by atoms with Gasteiger partial charge in [0, 0.05) is 23.0 Å². The molecule has 1 aromatic heterocycles. The van der Waals surface area contributed by atoms with Gasteiger partial charge in [-0.25, -0.2) is 4.98 Å². The molecule has 5 nitrogen and oxygen atoms in total. The molecule has 1 aromatic carbocycles. The van der Waals surface area contributed by atoms with Crippen LogP contribution in [0.2, 0.25) is 5.02 Å². The number of nitrogens with two attached hydrogens (primary N) is 1. The number of amides is 1. The predicted octanol–water partition coefficient (Wildman–Crippen LogP) is 4.44. The third kappa shape index (κ3) is 6.04. The second-order valence-electron chi connectivity index (χ2n) is 5.70. The smallest absolute Gasteiger partial charge is 0.227 e. The maximum Gasteiger partial charge on any atom is 0.227 e. The standard InChI is InChI=1S/C17H18ClN3O2.2ClH/c18-12-2-6-15(7-3-12)23-16-8-5-14(10-20-16)21-17(22)11-1-4-13(19)9-11;;/h2-3,5-8,10-11,13H,1,4,9,19H2,(H,21,22);2*1H. The number of ether oxygens (including phenoxy) is 1. The molecule has 136 valence electrons. The second-order valence-corrected chi connectivity index (χ2v) is 6.14. The quantitative estimate of drug-likeness (QED) is 0.790. The van der Waals surface area contributed by atoms with Crippen LogP contribution in [0.4, 0.5) is 5.69 Å². The van der Waals surface area contributed by atoms with E-state index < -0.39 is 0 Å². The number of pyridine rings is 1. The number of benzene rings is 1. The lowest BCUT2D eigenvalue weighted by molar-refractivity contribution is -0.119. The van der Waals surface area contributed by atoms with Gasteiger partial charge < -0.3 is 15.8 Å². The first-order valence-corrected chi connectivity index (χ1v) is 7.94. The molecule has 1 amide bonds. The Bertz CT molecular complexity index is 681.